The zero-order valence-electron chi connectivity index (χ0n) is 37.9. The molecular weight excluding hydrogens is 847 g/mol. The third-order valence-electron chi connectivity index (χ3n) is 10.8. The first kappa shape index (κ1) is 50.9. The van der Waals surface area contributed by atoms with Crippen molar-refractivity contribution in [1.82, 2.24) is 15.0 Å². The van der Waals surface area contributed by atoms with Gasteiger partial charge in [-0.3, -0.25) is 0 Å². The van der Waals surface area contributed by atoms with Crippen LogP contribution in [0, 0.1) is 0 Å². The van der Waals surface area contributed by atoms with Crippen molar-refractivity contribution in [1.29, 1.82) is 0 Å². The number of phenols is 2. The Morgan fingerprint density at radius 1 is 0.492 bits per heavy atom. The lowest BCUT2D eigenvalue weighted by atomic mass is 10.1. The van der Waals surface area contributed by atoms with E-state index in [-0.39, 0.29) is 76.3 Å². The summed E-state index contributed by atoms with van der Waals surface area (Å²) in [5.74, 6) is 0.462. The fourth-order valence-corrected chi connectivity index (χ4v) is 8.37. The molecule has 2 unspecified atom stereocenters. The SMILES string of the molecule is CCCCCCCCCOCC(O)COc1ccc(-c2nc(-c3ccc(S(=O)(=O)c4ccccc4)cc3)nc(-c3ccc(OCC(O)COCCCCCCCCC)cc3O)n2)c(O)c1. The van der Waals surface area contributed by atoms with Crippen molar-refractivity contribution in [2.75, 3.05) is 39.6 Å². The first-order chi connectivity index (χ1) is 31.6. The van der Waals surface area contributed by atoms with Crippen LogP contribution in [-0.2, 0) is 19.3 Å². The maximum Gasteiger partial charge on any atom is 0.206 e. The largest absolute Gasteiger partial charge is 0.507 e. The second-order valence-electron chi connectivity index (χ2n) is 16.3. The highest BCUT2D eigenvalue weighted by molar-refractivity contribution is 7.91. The number of hydrogen-bond acceptors (Lipinski definition) is 13. The average molecular weight is 914 g/mol. The molecule has 0 fully saturated rings. The summed E-state index contributed by atoms with van der Waals surface area (Å²) in [5, 5.41) is 43.4. The van der Waals surface area contributed by atoms with E-state index < -0.39 is 22.0 Å². The van der Waals surface area contributed by atoms with Gasteiger partial charge in [0.2, 0.25) is 9.84 Å². The normalized spacial score (nSPS) is 12.6. The third-order valence-corrected chi connectivity index (χ3v) is 12.6. The maximum absolute atomic E-state index is 13.3. The molecule has 1 aromatic heterocycles. The van der Waals surface area contributed by atoms with Crippen LogP contribution in [0.3, 0.4) is 0 Å². The summed E-state index contributed by atoms with van der Waals surface area (Å²) in [6, 6.07) is 23.4. The lowest BCUT2D eigenvalue weighted by Crippen LogP contribution is -2.23. The monoisotopic (exact) mass is 913 g/mol. The van der Waals surface area contributed by atoms with Crippen LogP contribution in [0.5, 0.6) is 23.0 Å². The molecule has 5 rings (SSSR count). The number of aromatic nitrogens is 3. The zero-order valence-corrected chi connectivity index (χ0v) is 38.8. The molecule has 0 radical (unpaired) electrons. The highest BCUT2D eigenvalue weighted by Gasteiger charge is 2.21. The van der Waals surface area contributed by atoms with Crippen LogP contribution in [0.1, 0.15) is 104 Å². The van der Waals surface area contributed by atoms with E-state index in [1.807, 2.05) is 0 Å². The Morgan fingerprint density at radius 3 is 1.35 bits per heavy atom. The van der Waals surface area contributed by atoms with Gasteiger partial charge in [0.1, 0.15) is 48.4 Å². The molecule has 4 N–H and O–H groups in total. The van der Waals surface area contributed by atoms with Crippen LogP contribution >= 0.6 is 0 Å². The van der Waals surface area contributed by atoms with Gasteiger partial charge in [-0.1, -0.05) is 109 Å². The van der Waals surface area contributed by atoms with Crippen molar-refractivity contribution in [3.05, 3.63) is 91.0 Å². The average Bonchev–Trinajstić information content (AvgIpc) is 3.32. The molecule has 352 valence electrons. The Bertz CT molecular complexity index is 2160. The van der Waals surface area contributed by atoms with E-state index in [0.29, 0.717) is 30.3 Å². The molecule has 13 nitrogen and oxygen atoms in total. The number of aliphatic hydroxyl groups excluding tert-OH is 2. The number of aliphatic hydroxyl groups is 2. The third kappa shape index (κ3) is 16.7. The molecule has 0 aliphatic carbocycles. The van der Waals surface area contributed by atoms with Gasteiger partial charge < -0.3 is 39.4 Å². The number of nitrogens with zero attached hydrogens (tertiary/aromatic N) is 3. The molecule has 4 aromatic carbocycles. The standard InChI is InChI=1S/C51H67N3O10S/c1-3-5-7-9-11-13-18-30-61-34-39(55)36-63-41-24-28-45(47(57)32-41)50-52-49(38-22-26-44(27-23-38)65(59,60)43-20-16-15-17-21-43)53-51(54-50)46-29-25-42(33-48(46)58)64-37-40(56)35-62-31-19-14-12-10-8-6-4-2/h15-17,20-29,32-33,39-40,55-58H,3-14,18-19,30-31,34-37H2,1-2H3. The van der Waals surface area contributed by atoms with Gasteiger partial charge in [0.15, 0.2) is 17.5 Å². The smallest absolute Gasteiger partial charge is 0.206 e. The number of rotatable bonds is 31. The first-order valence-electron chi connectivity index (χ1n) is 23.2. The summed E-state index contributed by atoms with van der Waals surface area (Å²) in [4.78, 5) is 14.2. The molecule has 1 heterocycles. The second-order valence-corrected chi connectivity index (χ2v) is 18.3. The van der Waals surface area contributed by atoms with E-state index in [0.717, 1.165) is 25.7 Å². The molecule has 0 spiro atoms. The Labute approximate surface area is 384 Å². The minimum absolute atomic E-state index is 0.0448. The van der Waals surface area contributed by atoms with Crippen molar-refractivity contribution in [2.45, 2.75) is 126 Å². The first-order valence-corrected chi connectivity index (χ1v) is 24.7. The van der Waals surface area contributed by atoms with E-state index in [1.54, 1.807) is 54.6 Å². The minimum atomic E-state index is -3.79. The summed E-state index contributed by atoms with van der Waals surface area (Å²) in [6.45, 7) is 5.72. The van der Waals surface area contributed by atoms with E-state index in [9.17, 15) is 28.8 Å². The van der Waals surface area contributed by atoms with Gasteiger partial charge in [0.05, 0.1) is 34.1 Å². The van der Waals surface area contributed by atoms with Crippen LogP contribution in [0.15, 0.2) is 101 Å². The maximum atomic E-state index is 13.3. The number of hydrogen-bond donors (Lipinski definition) is 4. The van der Waals surface area contributed by atoms with Gasteiger partial charge in [-0.05, 0) is 73.5 Å². The van der Waals surface area contributed by atoms with Gasteiger partial charge in [-0.2, -0.15) is 0 Å². The Balaban J connectivity index is 1.27. The molecule has 2 atom stereocenters. The number of aromatic hydroxyl groups is 2. The van der Waals surface area contributed by atoms with Gasteiger partial charge in [0, 0.05) is 30.9 Å². The highest BCUT2D eigenvalue weighted by atomic mass is 32.2. The molecule has 65 heavy (non-hydrogen) atoms. The Morgan fingerprint density at radius 2 is 0.908 bits per heavy atom. The predicted octanol–water partition coefficient (Wildman–Crippen LogP) is 10.1. The molecule has 0 aliphatic heterocycles. The van der Waals surface area contributed by atoms with E-state index in [2.05, 4.69) is 28.8 Å². The van der Waals surface area contributed by atoms with Gasteiger partial charge in [-0.25, -0.2) is 23.4 Å². The summed E-state index contributed by atoms with van der Waals surface area (Å²) in [6.07, 6.45) is 14.7. The summed E-state index contributed by atoms with van der Waals surface area (Å²) < 4.78 is 49.5. The Kier molecular flexibility index (Phi) is 21.4. The topological polar surface area (TPSA) is 191 Å². The van der Waals surface area contributed by atoms with Crippen LogP contribution in [0.4, 0.5) is 0 Å². The lowest BCUT2D eigenvalue weighted by Gasteiger charge is -2.15. The number of sulfone groups is 1. The quantitative estimate of drug-likeness (QED) is 0.0308. The van der Waals surface area contributed by atoms with E-state index in [4.69, 9.17) is 18.9 Å². The Hall–Kier alpha value is -5.12. The fraction of sp³-hybridized carbons (Fsp3) is 0.471. The molecule has 14 heteroatoms. The summed E-state index contributed by atoms with van der Waals surface area (Å²) in [5.41, 5.74) is 0.908. The zero-order chi connectivity index (χ0) is 46.3. The van der Waals surface area contributed by atoms with Crippen LogP contribution in [0.25, 0.3) is 34.2 Å². The number of unbranched alkanes of at least 4 members (excludes halogenated alkanes) is 12. The van der Waals surface area contributed by atoms with Crippen molar-refractivity contribution < 1.29 is 47.8 Å². The molecule has 0 amide bonds. The van der Waals surface area contributed by atoms with Gasteiger partial charge in [0.25, 0.3) is 0 Å². The number of ether oxygens (including phenoxy) is 4. The fourth-order valence-electron chi connectivity index (χ4n) is 7.09. The number of benzene rings is 4. The van der Waals surface area contributed by atoms with Gasteiger partial charge >= 0.3 is 0 Å². The summed E-state index contributed by atoms with van der Waals surface area (Å²) in [7, 11) is -3.79. The molecule has 0 saturated heterocycles. The van der Waals surface area contributed by atoms with E-state index >= 15 is 0 Å². The number of phenolic OH excluding ortho intramolecular Hbond substituents is 2. The molecule has 0 aliphatic rings. The van der Waals surface area contributed by atoms with Crippen LogP contribution in [-0.4, -0.2) is 95.6 Å². The minimum Gasteiger partial charge on any atom is -0.507 e. The van der Waals surface area contributed by atoms with Crippen molar-refractivity contribution in [3.8, 4) is 57.2 Å². The predicted molar refractivity (Wildman–Crippen MR) is 252 cm³/mol. The van der Waals surface area contributed by atoms with Crippen molar-refractivity contribution in [2.24, 2.45) is 0 Å². The van der Waals surface area contributed by atoms with E-state index in [1.165, 1.54) is 101 Å². The molecule has 5 aromatic rings. The highest BCUT2D eigenvalue weighted by Crippen LogP contribution is 2.36. The van der Waals surface area contributed by atoms with Crippen LogP contribution in [0.2, 0.25) is 0 Å². The lowest BCUT2D eigenvalue weighted by molar-refractivity contribution is 0.0109. The summed E-state index contributed by atoms with van der Waals surface area (Å²) >= 11 is 0. The van der Waals surface area contributed by atoms with Crippen molar-refractivity contribution >= 4 is 9.84 Å². The van der Waals surface area contributed by atoms with Crippen molar-refractivity contribution in [3.63, 3.8) is 0 Å². The van der Waals surface area contributed by atoms with Gasteiger partial charge in [-0.15, -0.1) is 0 Å². The van der Waals surface area contributed by atoms with Crippen LogP contribution < -0.4 is 9.47 Å². The molecule has 0 bridgehead atoms. The molecule has 0 saturated carbocycles. The molecular formula is C51H67N3O10S. The second kappa shape index (κ2) is 27.4.